The van der Waals surface area contributed by atoms with Crippen LogP contribution in [0.15, 0.2) is 0 Å². The van der Waals surface area contributed by atoms with Crippen molar-refractivity contribution < 1.29 is 18.3 Å². The van der Waals surface area contributed by atoms with Crippen molar-refractivity contribution in [2.75, 3.05) is 47.1 Å². The lowest BCUT2D eigenvalue weighted by atomic mass is 10.2. The van der Waals surface area contributed by atoms with Gasteiger partial charge >= 0.3 is 9.28 Å². The average molecular weight is 289 g/mol. The first-order valence-corrected chi connectivity index (χ1v) is 8.85. The molecule has 2 aliphatic heterocycles. The van der Waals surface area contributed by atoms with Crippen molar-refractivity contribution in [1.82, 2.24) is 4.90 Å². The number of rotatable bonds is 11. The molecule has 6 heteroatoms. The minimum atomic E-state index is -1.45. The number of ether oxygens (including phenoxy) is 2. The molecule has 0 radical (unpaired) electrons. The quantitative estimate of drug-likeness (QED) is 0.415. The standard InChI is InChI=1S/C13H27NO4Si/c1-11(19(15-2)16-3)5-4-6-14(7-12-9-17-12)8-13-10-18-13/h11-13,19H,4-10H2,1-3H3. The Kier molecular flexibility index (Phi) is 6.25. The molecule has 0 saturated carbocycles. The summed E-state index contributed by atoms with van der Waals surface area (Å²) in [6.45, 7) is 7.34. The Morgan fingerprint density at radius 1 is 1.16 bits per heavy atom. The zero-order valence-corrected chi connectivity index (χ0v) is 13.5. The number of epoxide rings is 2. The van der Waals surface area contributed by atoms with Crippen LogP contribution in [0.3, 0.4) is 0 Å². The van der Waals surface area contributed by atoms with Crippen LogP contribution in [0.25, 0.3) is 0 Å². The minimum absolute atomic E-state index is 0.469. The van der Waals surface area contributed by atoms with Gasteiger partial charge in [-0.3, -0.25) is 4.90 Å². The molecule has 2 fully saturated rings. The third kappa shape index (κ3) is 5.89. The van der Waals surface area contributed by atoms with Crippen LogP contribution in [-0.2, 0) is 18.3 Å². The molecule has 5 nitrogen and oxygen atoms in total. The van der Waals surface area contributed by atoms with Gasteiger partial charge in [0.25, 0.3) is 0 Å². The van der Waals surface area contributed by atoms with Gasteiger partial charge in [0.05, 0.1) is 25.4 Å². The Morgan fingerprint density at radius 3 is 2.11 bits per heavy atom. The molecule has 2 saturated heterocycles. The molecular formula is C13H27NO4Si. The van der Waals surface area contributed by atoms with Crippen LogP contribution in [-0.4, -0.2) is 73.5 Å². The molecule has 3 unspecified atom stereocenters. The molecule has 0 bridgehead atoms. The highest BCUT2D eigenvalue weighted by Crippen LogP contribution is 2.20. The molecule has 2 rings (SSSR count). The van der Waals surface area contributed by atoms with Gasteiger partial charge in [0.1, 0.15) is 0 Å². The fourth-order valence-corrected chi connectivity index (χ4v) is 4.14. The first kappa shape index (κ1) is 15.4. The van der Waals surface area contributed by atoms with Crippen molar-refractivity contribution in [3.05, 3.63) is 0 Å². The molecule has 0 aromatic carbocycles. The van der Waals surface area contributed by atoms with E-state index < -0.39 is 9.28 Å². The summed E-state index contributed by atoms with van der Waals surface area (Å²) in [5.74, 6) is 0. The Bertz CT molecular complexity index is 243. The largest absolute Gasteiger partial charge is 0.400 e. The van der Waals surface area contributed by atoms with Gasteiger partial charge in [0.15, 0.2) is 0 Å². The van der Waals surface area contributed by atoms with E-state index in [-0.39, 0.29) is 0 Å². The van der Waals surface area contributed by atoms with Crippen molar-refractivity contribution in [3.63, 3.8) is 0 Å². The third-order valence-corrected chi connectivity index (χ3v) is 5.98. The molecular weight excluding hydrogens is 262 g/mol. The highest BCUT2D eigenvalue weighted by molar-refractivity contribution is 6.46. The van der Waals surface area contributed by atoms with Gasteiger partial charge in [-0.05, 0) is 24.9 Å². The maximum Gasteiger partial charge on any atom is 0.323 e. The fourth-order valence-electron chi connectivity index (χ4n) is 2.51. The second-order valence-corrected chi connectivity index (χ2v) is 8.45. The lowest BCUT2D eigenvalue weighted by Gasteiger charge is -2.23. The van der Waals surface area contributed by atoms with Crippen LogP contribution in [0.2, 0.25) is 5.54 Å². The summed E-state index contributed by atoms with van der Waals surface area (Å²) < 4.78 is 21.5. The molecule has 0 aromatic heterocycles. The van der Waals surface area contributed by atoms with E-state index >= 15 is 0 Å². The van der Waals surface area contributed by atoms with E-state index in [0.29, 0.717) is 17.7 Å². The molecule has 0 aromatic rings. The maximum atomic E-state index is 5.43. The molecule has 112 valence electrons. The van der Waals surface area contributed by atoms with Gasteiger partial charge in [-0.2, -0.15) is 0 Å². The first-order valence-electron chi connectivity index (χ1n) is 7.24. The van der Waals surface area contributed by atoms with E-state index in [2.05, 4.69) is 11.8 Å². The van der Waals surface area contributed by atoms with Crippen molar-refractivity contribution in [3.8, 4) is 0 Å². The van der Waals surface area contributed by atoms with Crippen LogP contribution in [0.1, 0.15) is 19.8 Å². The average Bonchev–Trinajstić information content (AvgIpc) is 3.26. The topological polar surface area (TPSA) is 46.8 Å². The van der Waals surface area contributed by atoms with Crippen molar-refractivity contribution in [2.45, 2.75) is 37.5 Å². The number of nitrogens with zero attached hydrogens (tertiary/aromatic N) is 1. The van der Waals surface area contributed by atoms with Gasteiger partial charge < -0.3 is 18.3 Å². The van der Waals surface area contributed by atoms with Gasteiger partial charge in [0, 0.05) is 27.3 Å². The van der Waals surface area contributed by atoms with E-state index in [1.54, 1.807) is 14.2 Å². The Balaban J connectivity index is 1.62. The second kappa shape index (κ2) is 7.71. The van der Waals surface area contributed by atoms with Gasteiger partial charge in [-0.25, -0.2) is 0 Å². The van der Waals surface area contributed by atoms with E-state index in [0.717, 1.165) is 32.8 Å². The molecule has 2 aliphatic rings. The monoisotopic (exact) mass is 289 g/mol. The summed E-state index contributed by atoms with van der Waals surface area (Å²) in [6, 6.07) is 0. The third-order valence-electron chi connectivity index (χ3n) is 3.79. The van der Waals surface area contributed by atoms with Gasteiger partial charge in [0.2, 0.25) is 0 Å². The summed E-state index contributed by atoms with van der Waals surface area (Å²) in [5.41, 5.74) is 0.561. The zero-order chi connectivity index (χ0) is 13.7. The van der Waals surface area contributed by atoms with Crippen molar-refractivity contribution in [1.29, 1.82) is 0 Å². The predicted octanol–water partition coefficient (Wildman–Crippen LogP) is 0.770. The van der Waals surface area contributed by atoms with Gasteiger partial charge in [-0.15, -0.1) is 0 Å². The SMILES string of the molecule is CO[SiH](OC)C(C)CCCN(CC1CO1)CC1CO1. The highest BCUT2D eigenvalue weighted by atomic mass is 28.3. The highest BCUT2D eigenvalue weighted by Gasteiger charge is 2.30. The fraction of sp³-hybridized carbons (Fsp3) is 1.00. The lowest BCUT2D eigenvalue weighted by Crippen LogP contribution is -2.33. The van der Waals surface area contributed by atoms with Crippen molar-refractivity contribution in [2.24, 2.45) is 0 Å². The first-order chi connectivity index (χ1) is 9.22. The maximum absolute atomic E-state index is 5.43. The zero-order valence-electron chi connectivity index (χ0n) is 12.3. The molecule has 2 heterocycles. The molecule has 0 spiro atoms. The normalized spacial score (nSPS) is 27.0. The van der Waals surface area contributed by atoms with E-state index in [9.17, 15) is 0 Å². The van der Waals surface area contributed by atoms with Crippen LogP contribution < -0.4 is 0 Å². The summed E-state index contributed by atoms with van der Waals surface area (Å²) in [4.78, 5) is 2.48. The van der Waals surface area contributed by atoms with E-state index in [1.165, 1.54) is 12.8 Å². The summed E-state index contributed by atoms with van der Waals surface area (Å²) >= 11 is 0. The summed E-state index contributed by atoms with van der Waals surface area (Å²) in [5, 5.41) is 0. The molecule has 0 amide bonds. The van der Waals surface area contributed by atoms with Crippen LogP contribution in [0.4, 0.5) is 0 Å². The number of hydrogen-bond donors (Lipinski definition) is 0. The molecule has 3 atom stereocenters. The smallest absolute Gasteiger partial charge is 0.323 e. The second-order valence-electron chi connectivity index (χ2n) is 5.63. The van der Waals surface area contributed by atoms with Crippen LogP contribution >= 0.6 is 0 Å². The Labute approximate surface area is 118 Å². The van der Waals surface area contributed by atoms with E-state index in [1.807, 2.05) is 0 Å². The Morgan fingerprint density at radius 2 is 1.68 bits per heavy atom. The van der Waals surface area contributed by atoms with Crippen molar-refractivity contribution >= 4 is 9.28 Å². The number of hydrogen-bond acceptors (Lipinski definition) is 5. The minimum Gasteiger partial charge on any atom is -0.400 e. The van der Waals surface area contributed by atoms with E-state index in [4.69, 9.17) is 18.3 Å². The lowest BCUT2D eigenvalue weighted by molar-refractivity contribution is 0.213. The molecule has 0 aliphatic carbocycles. The van der Waals surface area contributed by atoms with Crippen LogP contribution in [0, 0.1) is 0 Å². The predicted molar refractivity (Wildman–Crippen MR) is 75.7 cm³/mol. The van der Waals surface area contributed by atoms with Gasteiger partial charge in [-0.1, -0.05) is 6.92 Å². The summed E-state index contributed by atoms with van der Waals surface area (Å²) in [7, 11) is 2.07. The Hall–Kier alpha value is 0.0169. The molecule has 19 heavy (non-hydrogen) atoms. The summed E-state index contributed by atoms with van der Waals surface area (Å²) in [6.07, 6.45) is 3.30. The van der Waals surface area contributed by atoms with Crippen LogP contribution in [0.5, 0.6) is 0 Å². The molecule has 0 N–H and O–H groups in total.